The summed E-state index contributed by atoms with van der Waals surface area (Å²) in [5, 5.41) is 2.56. The Bertz CT molecular complexity index is 412. The zero-order valence-corrected chi connectivity index (χ0v) is 10.5. The fourth-order valence-electron chi connectivity index (χ4n) is 1.07. The van der Waals surface area contributed by atoms with E-state index in [1.54, 1.807) is 13.0 Å². The van der Waals surface area contributed by atoms with E-state index in [-0.39, 0.29) is 12.5 Å². The fourth-order valence-corrected chi connectivity index (χ4v) is 1.44. The van der Waals surface area contributed by atoms with Crippen molar-refractivity contribution in [2.45, 2.75) is 13.0 Å². The zero-order chi connectivity index (χ0) is 12.0. The molecule has 1 unspecified atom stereocenters. The van der Waals surface area contributed by atoms with Gasteiger partial charge in [-0.15, -0.1) is 6.42 Å². The SMILES string of the molecule is C#CCNC(=O)C(C)Oc1ccccc1Br. The molecule has 16 heavy (non-hydrogen) atoms. The summed E-state index contributed by atoms with van der Waals surface area (Å²) in [5.41, 5.74) is 0. The number of rotatable bonds is 4. The molecule has 0 bridgehead atoms. The summed E-state index contributed by atoms with van der Waals surface area (Å²) in [6.45, 7) is 1.88. The first-order valence-electron chi connectivity index (χ1n) is 4.77. The van der Waals surface area contributed by atoms with Crippen LogP contribution in [0.3, 0.4) is 0 Å². The molecule has 0 saturated carbocycles. The summed E-state index contributed by atoms with van der Waals surface area (Å²) in [6.07, 6.45) is 4.46. The highest BCUT2D eigenvalue weighted by Gasteiger charge is 2.14. The molecular formula is C12H12BrNO2. The Morgan fingerprint density at radius 1 is 1.62 bits per heavy atom. The number of benzene rings is 1. The summed E-state index contributed by atoms with van der Waals surface area (Å²) < 4.78 is 6.29. The smallest absolute Gasteiger partial charge is 0.261 e. The molecule has 1 atom stereocenters. The number of hydrogen-bond donors (Lipinski definition) is 1. The van der Waals surface area contributed by atoms with Crippen LogP contribution >= 0.6 is 15.9 Å². The van der Waals surface area contributed by atoms with Crippen LogP contribution in [0.15, 0.2) is 28.7 Å². The van der Waals surface area contributed by atoms with Gasteiger partial charge in [0.05, 0.1) is 11.0 Å². The molecule has 0 radical (unpaired) electrons. The predicted molar refractivity (Wildman–Crippen MR) is 66.1 cm³/mol. The van der Waals surface area contributed by atoms with Crippen LogP contribution in [0, 0.1) is 12.3 Å². The van der Waals surface area contributed by atoms with Crippen molar-refractivity contribution in [3.63, 3.8) is 0 Å². The predicted octanol–water partition coefficient (Wildman–Crippen LogP) is 1.97. The summed E-state index contributed by atoms with van der Waals surface area (Å²) in [6, 6.07) is 7.35. The van der Waals surface area contributed by atoms with E-state index in [0.717, 1.165) is 4.47 Å². The third-order valence-corrected chi connectivity index (χ3v) is 2.53. The minimum Gasteiger partial charge on any atom is -0.480 e. The molecule has 3 nitrogen and oxygen atoms in total. The standard InChI is InChI=1S/C12H12BrNO2/c1-3-8-14-12(15)9(2)16-11-7-5-4-6-10(11)13/h1,4-7,9H,8H2,2H3,(H,14,15). The van der Waals surface area contributed by atoms with Gasteiger partial charge in [-0.2, -0.15) is 0 Å². The van der Waals surface area contributed by atoms with Crippen molar-refractivity contribution in [1.82, 2.24) is 5.32 Å². The van der Waals surface area contributed by atoms with E-state index < -0.39 is 6.10 Å². The van der Waals surface area contributed by atoms with Gasteiger partial charge in [-0.3, -0.25) is 4.79 Å². The largest absolute Gasteiger partial charge is 0.480 e. The Labute approximate surface area is 103 Å². The van der Waals surface area contributed by atoms with E-state index in [0.29, 0.717) is 5.75 Å². The summed E-state index contributed by atoms with van der Waals surface area (Å²) >= 11 is 3.34. The van der Waals surface area contributed by atoms with Crippen molar-refractivity contribution in [2.24, 2.45) is 0 Å². The van der Waals surface area contributed by atoms with Crippen molar-refractivity contribution in [3.05, 3.63) is 28.7 Å². The van der Waals surface area contributed by atoms with Crippen LogP contribution in [0.2, 0.25) is 0 Å². The van der Waals surface area contributed by atoms with E-state index in [9.17, 15) is 4.79 Å². The molecule has 0 heterocycles. The van der Waals surface area contributed by atoms with Gasteiger partial charge in [0, 0.05) is 0 Å². The maximum absolute atomic E-state index is 11.5. The monoisotopic (exact) mass is 281 g/mol. The quantitative estimate of drug-likeness (QED) is 0.857. The molecule has 0 aliphatic rings. The topological polar surface area (TPSA) is 38.3 Å². The first-order valence-corrected chi connectivity index (χ1v) is 5.57. The van der Waals surface area contributed by atoms with Gasteiger partial charge in [0.25, 0.3) is 5.91 Å². The second-order valence-electron chi connectivity index (χ2n) is 3.11. The molecule has 0 aliphatic carbocycles. The lowest BCUT2D eigenvalue weighted by atomic mass is 10.3. The molecule has 0 aliphatic heterocycles. The van der Waals surface area contributed by atoms with Gasteiger partial charge in [0.1, 0.15) is 5.75 Å². The van der Waals surface area contributed by atoms with E-state index in [1.165, 1.54) is 0 Å². The second kappa shape index (κ2) is 6.19. The van der Waals surface area contributed by atoms with Crippen LogP contribution in [0.25, 0.3) is 0 Å². The Balaban J connectivity index is 2.58. The number of nitrogens with one attached hydrogen (secondary N) is 1. The third-order valence-electron chi connectivity index (χ3n) is 1.87. The Hall–Kier alpha value is -1.47. The molecule has 0 saturated heterocycles. The Morgan fingerprint density at radius 2 is 2.31 bits per heavy atom. The Morgan fingerprint density at radius 3 is 2.94 bits per heavy atom. The molecule has 4 heteroatoms. The molecule has 1 amide bonds. The molecule has 0 fully saturated rings. The lowest BCUT2D eigenvalue weighted by Crippen LogP contribution is -2.36. The number of ether oxygens (including phenoxy) is 1. The van der Waals surface area contributed by atoms with Crippen molar-refractivity contribution < 1.29 is 9.53 Å². The van der Waals surface area contributed by atoms with Crippen LogP contribution in [-0.2, 0) is 4.79 Å². The van der Waals surface area contributed by atoms with Gasteiger partial charge >= 0.3 is 0 Å². The molecule has 0 spiro atoms. The summed E-state index contributed by atoms with van der Waals surface area (Å²) in [5.74, 6) is 2.73. The molecule has 84 valence electrons. The van der Waals surface area contributed by atoms with Crippen LogP contribution in [0.1, 0.15) is 6.92 Å². The maximum atomic E-state index is 11.5. The van der Waals surface area contributed by atoms with Crippen molar-refractivity contribution in [2.75, 3.05) is 6.54 Å². The third kappa shape index (κ3) is 3.59. The number of hydrogen-bond acceptors (Lipinski definition) is 2. The average Bonchev–Trinajstić information content (AvgIpc) is 2.28. The zero-order valence-electron chi connectivity index (χ0n) is 8.87. The number of carbonyl (C=O) groups is 1. The highest BCUT2D eigenvalue weighted by molar-refractivity contribution is 9.10. The highest BCUT2D eigenvalue weighted by Crippen LogP contribution is 2.24. The molecule has 1 N–H and O–H groups in total. The number of halogens is 1. The van der Waals surface area contributed by atoms with E-state index in [4.69, 9.17) is 11.2 Å². The van der Waals surface area contributed by atoms with E-state index in [1.807, 2.05) is 18.2 Å². The lowest BCUT2D eigenvalue weighted by Gasteiger charge is -2.14. The maximum Gasteiger partial charge on any atom is 0.261 e. The minimum absolute atomic E-state index is 0.211. The van der Waals surface area contributed by atoms with Gasteiger partial charge in [-0.1, -0.05) is 18.1 Å². The van der Waals surface area contributed by atoms with Gasteiger partial charge in [-0.25, -0.2) is 0 Å². The Kier molecular flexibility index (Phi) is 4.87. The number of carbonyl (C=O) groups excluding carboxylic acids is 1. The minimum atomic E-state index is -0.577. The van der Waals surface area contributed by atoms with E-state index >= 15 is 0 Å². The molecular weight excluding hydrogens is 270 g/mol. The number of terminal acetylenes is 1. The summed E-state index contributed by atoms with van der Waals surface area (Å²) in [7, 11) is 0. The lowest BCUT2D eigenvalue weighted by molar-refractivity contribution is -0.127. The van der Waals surface area contributed by atoms with Gasteiger partial charge < -0.3 is 10.1 Å². The second-order valence-corrected chi connectivity index (χ2v) is 3.97. The normalized spacial score (nSPS) is 11.3. The molecule has 1 aromatic carbocycles. The molecule has 1 rings (SSSR count). The molecule has 0 aromatic heterocycles. The van der Waals surface area contributed by atoms with Crippen molar-refractivity contribution in [1.29, 1.82) is 0 Å². The van der Waals surface area contributed by atoms with Crippen LogP contribution in [0.5, 0.6) is 5.75 Å². The van der Waals surface area contributed by atoms with Crippen molar-refractivity contribution >= 4 is 21.8 Å². The van der Waals surface area contributed by atoms with Gasteiger partial charge in [0.2, 0.25) is 0 Å². The average molecular weight is 282 g/mol. The van der Waals surface area contributed by atoms with Crippen molar-refractivity contribution in [3.8, 4) is 18.1 Å². The fraction of sp³-hybridized carbons (Fsp3) is 0.250. The van der Waals surface area contributed by atoms with Crippen LogP contribution < -0.4 is 10.1 Å². The highest BCUT2D eigenvalue weighted by atomic mass is 79.9. The van der Waals surface area contributed by atoms with Gasteiger partial charge in [0.15, 0.2) is 6.10 Å². The van der Waals surface area contributed by atoms with Crippen LogP contribution in [0.4, 0.5) is 0 Å². The first-order chi connectivity index (χ1) is 7.65. The molecule has 1 aromatic rings. The first kappa shape index (κ1) is 12.6. The summed E-state index contributed by atoms with van der Waals surface area (Å²) in [4.78, 5) is 11.5. The number of para-hydroxylation sites is 1. The number of amides is 1. The van der Waals surface area contributed by atoms with E-state index in [2.05, 4.69) is 27.2 Å². The van der Waals surface area contributed by atoms with Gasteiger partial charge in [-0.05, 0) is 35.0 Å². The van der Waals surface area contributed by atoms with Crippen LogP contribution in [-0.4, -0.2) is 18.6 Å².